The van der Waals surface area contributed by atoms with E-state index in [9.17, 15) is 8.42 Å². The Balaban J connectivity index is 1.64. The molecule has 102 valence electrons. The van der Waals surface area contributed by atoms with Crippen LogP contribution in [0.3, 0.4) is 0 Å². The average Bonchev–Trinajstić information content (AvgIpc) is 2.93. The van der Waals surface area contributed by atoms with Gasteiger partial charge in [0.25, 0.3) is 10.0 Å². The molecule has 0 spiro atoms. The van der Waals surface area contributed by atoms with E-state index in [1.807, 2.05) is 13.0 Å². The smallest absolute Gasteiger partial charge is 0.250 e. The molecule has 0 unspecified atom stereocenters. The largest absolute Gasteiger partial charge is 0.250 e. The first-order chi connectivity index (χ1) is 9.06. The second kappa shape index (κ2) is 4.69. The van der Waals surface area contributed by atoms with E-state index in [1.165, 1.54) is 17.7 Å². The van der Waals surface area contributed by atoms with E-state index < -0.39 is 10.0 Å². The summed E-state index contributed by atoms with van der Waals surface area (Å²) in [5.74, 6) is 0. The number of aryl methyl sites for hydroxylation is 1. The number of nitrogens with zero attached hydrogens (tertiary/aromatic N) is 3. The molecular formula is C11H14N4O2S2. The fraction of sp³-hybridized carbons (Fsp3) is 0.455. The Hall–Kier alpha value is -1.25. The van der Waals surface area contributed by atoms with Gasteiger partial charge in [-0.25, -0.2) is 22.8 Å². The molecule has 19 heavy (non-hydrogen) atoms. The van der Waals surface area contributed by atoms with Crippen molar-refractivity contribution in [2.45, 2.75) is 36.1 Å². The van der Waals surface area contributed by atoms with Crippen molar-refractivity contribution in [2.75, 3.05) is 0 Å². The van der Waals surface area contributed by atoms with E-state index in [0.29, 0.717) is 4.21 Å². The molecule has 0 bridgehead atoms. The lowest BCUT2D eigenvalue weighted by Crippen LogP contribution is -2.44. The van der Waals surface area contributed by atoms with Crippen molar-refractivity contribution >= 4 is 21.4 Å². The Kier molecular flexibility index (Phi) is 3.15. The normalized spacial score (nSPS) is 23.2. The Labute approximate surface area is 115 Å². The van der Waals surface area contributed by atoms with Crippen LogP contribution in [0.5, 0.6) is 0 Å². The molecule has 0 amide bonds. The van der Waals surface area contributed by atoms with Gasteiger partial charge in [0, 0.05) is 6.04 Å². The predicted octanol–water partition coefficient (Wildman–Crippen LogP) is 1.33. The van der Waals surface area contributed by atoms with E-state index in [1.54, 1.807) is 16.4 Å². The summed E-state index contributed by atoms with van der Waals surface area (Å²) in [7, 11) is -3.38. The molecule has 2 heterocycles. The molecule has 6 nitrogen and oxygen atoms in total. The first-order valence-corrected chi connectivity index (χ1v) is 8.33. The maximum Gasteiger partial charge on any atom is 0.250 e. The lowest BCUT2D eigenvalue weighted by atomic mass is 9.88. The summed E-state index contributed by atoms with van der Waals surface area (Å²) in [6.07, 6.45) is 4.67. The number of hydrogen-bond donors (Lipinski definition) is 1. The van der Waals surface area contributed by atoms with Crippen LogP contribution in [0.15, 0.2) is 28.3 Å². The van der Waals surface area contributed by atoms with Crippen LogP contribution in [0.2, 0.25) is 0 Å². The van der Waals surface area contributed by atoms with Gasteiger partial charge >= 0.3 is 0 Å². The third-order valence-corrected chi connectivity index (χ3v) is 6.51. The van der Waals surface area contributed by atoms with Crippen molar-refractivity contribution in [3.63, 3.8) is 0 Å². The zero-order valence-electron chi connectivity index (χ0n) is 10.4. The van der Waals surface area contributed by atoms with Gasteiger partial charge in [0.05, 0.1) is 6.04 Å². The average molecular weight is 298 g/mol. The van der Waals surface area contributed by atoms with Crippen molar-refractivity contribution in [1.29, 1.82) is 0 Å². The lowest BCUT2D eigenvalue weighted by Gasteiger charge is -2.35. The molecular weight excluding hydrogens is 284 g/mol. The molecule has 0 aromatic carbocycles. The summed E-state index contributed by atoms with van der Waals surface area (Å²) in [5.41, 5.74) is 0.796. The van der Waals surface area contributed by atoms with Crippen LogP contribution in [-0.4, -0.2) is 29.2 Å². The van der Waals surface area contributed by atoms with Crippen LogP contribution in [0, 0.1) is 6.92 Å². The zero-order valence-corrected chi connectivity index (χ0v) is 12.0. The molecule has 1 fully saturated rings. The minimum atomic E-state index is -3.38. The maximum atomic E-state index is 12.2. The third kappa shape index (κ3) is 2.43. The van der Waals surface area contributed by atoms with Gasteiger partial charge in [-0.15, -0.1) is 11.3 Å². The van der Waals surface area contributed by atoms with Gasteiger partial charge in [-0.05, 0) is 36.8 Å². The molecule has 2 aromatic rings. The van der Waals surface area contributed by atoms with Gasteiger partial charge in [0.2, 0.25) is 0 Å². The Morgan fingerprint density at radius 2 is 2.26 bits per heavy atom. The van der Waals surface area contributed by atoms with E-state index >= 15 is 0 Å². The topological polar surface area (TPSA) is 76.9 Å². The Morgan fingerprint density at radius 3 is 2.84 bits per heavy atom. The van der Waals surface area contributed by atoms with Crippen LogP contribution in [0.4, 0.5) is 0 Å². The van der Waals surface area contributed by atoms with Crippen molar-refractivity contribution in [3.05, 3.63) is 29.7 Å². The van der Waals surface area contributed by atoms with E-state index in [4.69, 9.17) is 0 Å². The van der Waals surface area contributed by atoms with Gasteiger partial charge in [-0.2, -0.15) is 5.10 Å². The first kappa shape index (κ1) is 12.8. The highest BCUT2D eigenvalue weighted by Crippen LogP contribution is 2.33. The Bertz CT molecular complexity index is 657. The van der Waals surface area contributed by atoms with Gasteiger partial charge in [-0.3, -0.25) is 0 Å². The number of rotatable bonds is 4. The van der Waals surface area contributed by atoms with Crippen LogP contribution in [0.1, 0.15) is 24.4 Å². The summed E-state index contributed by atoms with van der Waals surface area (Å²) >= 11 is 1.25. The van der Waals surface area contributed by atoms with Gasteiger partial charge in [-0.1, -0.05) is 0 Å². The number of aromatic nitrogens is 3. The molecule has 1 N–H and O–H groups in total. The summed E-state index contributed by atoms with van der Waals surface area (Å²) in [5, 5.41) is 5.86. The maximum absolute atomic E-state index is 12.2. The van der Waals surface area contributed by atoms with Crippen LogP contribution >= 0.6 is 11.3 Å². The molecule has 0 saturated heterocycles. The highest BCUT2D eigenvalue weighted by Gasteiger charge is 2.34. The molecule has 0 aliphatic heterocycles. The number of hydrogen-bond acceptors (Lipinski definition) is 5. The van der Waals surface area contributed by atoms with Crippen molar-refractivity contribution in [3.8, 4) is 0 Å². The highest BCUT2D eigenvalue weighted by atomic mass is 32.2. The second-order valence-corrected chi connectivity index (χ2v) is 7.54. The minimum Gasteiger partial charge on any atom is -0.250 e. The Morgan fingerprint density at radius 1 is 1.47 bits per heavy atom. The number of sulfonamides is 1. The molecule has 1 aliphatic carbocycles. The van der Waals surface area contributed by atoms with Crippen molar-refractivity contribution in [2.24, 2.45) is 0 Å². The molecule has 0 radical (unpaired) electrons. The van der Waals surface area contributed by atoms with Crippen LogP contribution < -0.4 is 4.72 Å². The summed E-state index contributed by atoms with van der Waals surface area (Å²) in [6, 6.07) is 2.05. The summed E-state index contributed by atoms with van der Waals surface area (Å²) in [4.78, 5) is 3.89. The molecule has 3 rings (SSSR count). The minimum absolute atomic E-state index is 0.0132. The fourth-order valence-electron chi connectivity index (χ4n) is 2.21. The number of thiophene rings is 1. The van der Waals surface area contributed by atoms with Gasteiger partial charge in [0.15, 0.2) is 0 Å². The van der Waals surface area contributed by atoms with E-state index in [-0.39, 0.29) is 12.1 Å². The second-order valence-electron chi connectivity index (χ2n) is 4.71. The third-order valence-electron chi connectivity index (χ3n) is 3.30. The molecule has 1 aliphatic rings. The summed E-state index contributed by atoms with van der Waals surface area (Å²) in [6.45, 7) is 1.81. The van der Waals surface area contributed by atoms with E-state index in [0.717, 1.165) is 18.4 Å². The van der Waals surface area contributed by atoms with Gasteiger partial charge in [0.1, 0.15) is 16.9 Å². The zero-order chi connectivity index (χ0) is 13.5. The molecule has 0 atom stereocenters. The van der Waals surface area contributed by atoms with Crippen molar-refractivity contribution < 1.29 is 8.42 Å². The van der Waals surface area contributed by atoms with Gasteiger partial charge < -0.3 is 0 Å². The SMILES string of the molecule is Cc1ccsc1S(=O)(=O)NC1CC(n2cncn2)C1. The lowest BCUT2D eigenvalue weighted by molar-refractivity contribution is 0.232. The quantitative estimate of drug-likeness (QED) is 0.924. The molecule has 8 heteroatoms. The molecule has 1 saturated carbocycles. The fourth-order valence-corrected chi connectivity index (χ4v) is 4.91. The summed E-state index contributed by atoms with van der Waals surface area (Å²) < 4.78 is 29.3. The monoisotopic (exact) mass is 298 g/mol. The van der Waals surface area contributed by atoms with Crippen molar-refractivity contribution in [1.82, 2.24) is 19.5 Å². The van der Waals surface area contributed by atoms with Crippen LogP contribution in [-0.2, 0) is 10.0 Å². The van der Waals surface area contributed by atoms with Crippen LogP contribution in [0.25, 0.3) is 0 Å². The molecule has 2 aromatic heterocycles. The standard InChI is InChI=1S/C11H14N4O2S2/c1-8-2-3-18-11(8)19(16,17)14-9-4-10(5-9)15-7-12-6-13-15/h2-3,6-7,9-10,14H,4-5H2,1H3. The highest BCUT2D eigenvalue weighted by molar-refractivity contribution is 7.91. The first-order valence-electron chi connectivity index (χ1n) is 5.97. The predicted molar refractivity (Wildman–Crippen MR) is 71.5 cm³/mol. The number of nitrogens with one attached hydrogen (secondary N) is 1. The van der Waals surface area contributed by atoms with E-state index in [2.05, 4.69) is 14.8 Å².